The van der Waals surface area contributed by atoms with E-state index in [0.717, 1.165) is 0 Å². The van der Waals surface area contributed by atoms with Gasteiger partial charge >= 0.3 is 5.69 Å². The Morgan fingerprint density at radius 1 is 1.55 bits per heavy atom. The second-order valence-electron chi connectivity index (χ2n) is 2.15. The van der Waals surface area contributed by atoms with Gasteiger partial charge in [0.25, 0.3) is 0 Å². The Labute approximate surface area is 71.8 Å². The Morgan fingerprint density at radius 3 is 2.73 bits per heavy atom. The van der Waals surface area contributed by atoms with Gasteiger partial charge in [-0.1, -0.05) is 0 Å². The number of benzene rings is 1. The first kappa shape index (κ1) is 8.15. The molecule has 0 bridgehead atoms. The fourth-order valence-electron chi connectivity index (χ4n) is 0.744. The normalized spacial score (nSPS) is 9.27. The van der Waals surface area contributed by atoms with Crippen LogP contribution in [-0.4, -0.2) is 0 Å². The molecule has 4 heteroatoms. The van der Waals surface area contributed by atoms with Crippen molar-refractivity contribution in [3.05, 3.63) is 33.0 Å². The molecule has 0 radical (unpaired) electrons. The topological polar surface area (TPSA) is 28.1 Å². The molecule has 0 aliphatic carbocycles. The number of diazo groups is 1. The first-order valence-electron chi connectivity index (χ1n) is 2.96. The van der Waals surface area contributed by atoms with E-state index < -0.39 is 0 Å². The van der Waals surface area contributed by atoms with E-state index >= 15 is 0 Å². The second kappa shape index (κ2) is 2.97. The van der Waals surface area contributed by atoms with Gasteiger partial charge in [0.15, 0.2) is 4.98 Å². The van der Waals surface area contributed by atoms with Crippen molar-refractivity contribution in [2.75, 3.05) is 0 Å². The fourth-order valence-corrected chi connectivity index (χ4v) is 1.07. The highest BCUT2D eigenvalue weighted by Gasteiger charge is 2.13. The van der Waals surface area contributed by atoms with E-state index in [-0.39, 0.29) is 5.82 Å². The van der Waals surface area contributed by atoms with E-state index in [1.807, 2.05) is 0 Å². The van der Waals surface area contributed by atoms with Crippen molar-refractivity contribution in [3.8, 4) is 0 Å². The van der Waals surface area contributed by atoms with Crippen LogP contribution in [0.3, 0.4) is 0 Å². The van der Waals surface area contributed by atoms with E-state index in [1.165, 1.54) is 12.1 Å². The van der Waals surface area contributed by atoms with Crippen LogP contribution in [0.4, 0.5) is 10.1 Å². The summed E-state index contributed by atoms with van der Waals surface area (Å²) in [5, 5.41) is 8.42. The second-order valence-corrected chi connectivity index (χ2v) is 3.01. The number of halogens is 2. The predicted molar refractivity (Wildman–Crippen MR) is 43.6 cm³/mol. The summed E-state index contributed by atoms with van der Waals surface area (Å²) >= 11 is 2.97. The predicted octanol–water partition coefficient (Wildman–Crippen LogP) is 3.38. The summed E-state index contributed by atoms with van der Waals surface area (Å²) < 4.78 is 13.0. The highest BCUT2D eigenvalue weighted by molar-refractivity contribution is 9.10. The lowest BCUT2D eigenvalue weighted by atomic mass is 10.2. The zero-order valence-electron chi connectivity index (χ0n) is 5.81. The summed E-state index contributed by atoms with van der Waals surface area (Å²) in [6.07, 6.45) is 0. The van der Waals surface area contributed by atoms with Crippen LogP contribution >= 0.6 is 15.9 Å². The third-order valence-corrected chi connectivity index (χ3v) is 1.95. The third kappa shape index (κ3) is 1.55. The van der Waals surface area contributed by atoms with Crippen LogP contribution in [0.25, 0.3) is 4.98 Å². The van der Waals surface area contributed by atoms with Gasteiger partial charge < -0.3 is 0 Å². The maximum absolute atomic E-state index is 12.7. The standard InChI is InChI=1S/C7H5BrFN2/c1-4-2-6(9)5(8)3-7(4)11-10/h2-3H,1H3/q+1. The van der Waals surface area contributed by atoms with E-state index in [2.05, 4.69) is 20.9 Å². The first-order chi connectivity index (χ1) is 5.15. The largest absolute Gasteiger partial charge is 0.389 e. The van der Waals surface area contributed by atoms with E-state index in [1.54, 1.807) is 6.92 Å². The van der Waals surface area contributed by atoms with Gasteiger partial charge in [-0.2, -0.15) is 0 Å². The van der Waals surface area contributed by atoms with Crippen LogP contribution in [-0.2, 0) is 0 Å². The summed E-state index contributed by atoms with van der Waals surface area (Å²) in [7, 11) is 0. The summed E-state index contributed by atoms with van der Waals surface area (Å²) in [6.45, 7) is 1.67. The van der Waals surface area contributed by atoms with Gasteiger partial charge in [0.2, 0.25) is 5.39 Å². The number of hydrogen-bond acceptors (Lipinski definition) is 1. The molecular formula is C7H5BrFN2+. The van der Waals surface area contributed by atoms with Crippen molar-refractivity contribution in [3.63, 3.8) is 0 Å². The lowest BCUT2D eigenvalue weighted by Crippen LogP contribution is -1.79. The Morgan fingerprint density at radius 2 is 2.18 bits per heavy atom. The lowest BCUT2D eigenvalue weighted by Gasteiger charge is -1.91. The van der Waals surface area contributed by atoms with Crippen LogP contribution in [0.2, 0.25) is 0 Å². The molecular weight excluding hydrogens is 211 g/mol. The average molecular weight is 216 g/mol. The molecule has 0 fully saturated rings. The molecule has 11 heavy (non-hydrogen) atoms. The van der Waals surface area contributed by atoms with Gasteiger partial charge in [0, 0.05) is 5.56 Å². The molecule has 2 nitrogen and oxygen atoms in total. The van der Waals surface area contributed by atoms with Gasteiger partial charge in [-0.05, 0) is 28.9 Å². The smallest absolute Gasteiger partial charge is 0.206 e. The van der Waals surface area contributed by atoms with Crippen molar-refractivity contribution in [2.45, 2.75) is 6.92 Å². The Hall–Kier alpha value is -0.950. The fraction of sp³-hybridized carbons (Fsp3) is 0.143. The van der Waals surface area contributed by atoms with E-state index in [4.69, 9.17) is 5.39 Å². The monoisotopic (exact) mass is 215 g/mol. The molecule has 1 rings (SSSR count). The van der Waals surface area contributed by atoms with Crippen molar-refractivity contribution < 1.29 is 4.39 Å². The van der Waals surface area contributed by atoms with E-state index in [9.17, 15) is 4.39 Å². The maximum Gasteiger partial charge on any atom is 0.389 e. The Bertz CT molecular complexity index is 330. The number of nitrogens with zero attached hydrogens (tertiary/aromatic N) is 2. The Balaban J connectivity index is 3.35. The molecule has 0 saturated carbocycles. The van der Waals surface area contributed by atoms with Gasteiger partial charge in [0.1, 0.15) is 5.82 Å². The molecule has 0 unspecified atom stereocenters. The minimum Gasteiger partial charge on any atom is -0.206 e. The molecule has 1 aromatic rings. The molecule has 0 atom stereocenters. The molecule has 0 aromatic heterocycles. The minimum atomic E-state index is -0.352. The van der Waals surface area contributed by atoms with Crippen LogP contribution in [0.1, 0.15) is 5.56 Å². The number of rotatable bonds is 0. The summed E-state index contributed by atoms with van der Waals surface area (Å²) in [5.74, 6) is -0.352. The molecule has 1 aromatic carbocycles. The van der Waals surface area contributed by atoms with Gasteiger partial charge in [-0.15, -0.1) is 0 Å². The molecule has 0 heterocycles. The van der Waals surface area contributed by atoms with E-state index in [0.29, 0.717) is 15.7 Å². The summed E-state index contributed by atoms with van der Waals surface area (Å²) in [6, 6.07) is 2.73. The van der Waals surface area contributed by atoms with Crippen LogP contribution in [0, 0.1) is 18.1 Å². The van der Waals surface area contributed by atoms with Crippen LogP contribution in [0.15, 0.2) is 16.6 Å². The maximum atomic E-state index is 12.7. The van der Waals surface area contributed by atoms with Crippen LogP contribution in [0.5, 0.6) is 0 Å². The van der Waals surface area contributed by atoms with Crippen LogP contribution < -0.4 is 0 Å². The summed E-state index contributed by atoms with van der Waals surface area (Å²) in [4.78, 5) is 2.98. The molecule has 0 saturated heterocycles. The minimum absolute atomic E-state index is 0.302. The highest BCUT2D eigenvalue weighted by Crippen LogP contribution is 2.25. The van der Waals surface area contributed by atoms with Crippen molar-refractivity contribution >= 4 is 21.6 Å². The van der Waals surface area contributed by atoms with Gasteiger partial charge in [-0.3, -0.25) is 0 Å². The molecule has 0 aliphatic heterocycles. The Kier molecular flexibility index (Phi) is 2.20. The molecule has 0 amide bonds. The molecule has 0 N–H and O–H groups in total. The van der Waals surface area contributed by atoms with Gasteiger partial charge in [-0.25, -0.2) is 4.39 Å². The molecule has 0 aliphatic rings. The van der Waals surface area contributed by atoms with Crippen molar-refractivity contribution in [1.29, 1.82) is 5.39 Å². The third-order valence-electron chi connectivity index (χ3n) is 1.35. The molecule has 56 valence electrons. The zero-order chi connectivity index (χ0) is 8.43. The summed E-state index contributed by atoms with van der Waals surface area (Å²) in [5.41, 5.74) is 0.978. The average Bonchev–Trinajstić information content (AvgIpc) is 1.97. The quantitative estimate of drug-likeness (QED) is 0.611. The van der Waals surface area contributed by atoms with Gasteiger partial charge in [0.05, 0.1) is 10.5 Å². The number of aryl methyl sites for hydroxylation is 1. The molecule has 0 spiro atoms. The lowest BCUT2D eigenvalue weighted by molar-refractivity contribution is 0.620. The highest BCUT2D eigenvalue weighted by atomic mass is 79.9. The van der Waals surface area contributed by atoms with Crippen molar-refractivity contribution in [2.24, 2.45) is 0 Å². The van der Waals surface area contributed by atoms with Crippen molar-refractivity contribution in [1.82, 2.24) is 0 Å². The first-order valence-corrected chi connectivity index (χ1v) is 3.75. The zero-order valence-corrected chi connectivity index (χ0v) is 7.39. The SMILES string of the molecule is Cc1cc(F)c(Br)cc1[N+]#N. The number of hydrogen-bond donors (Lipinski definition) is 0.